The van der Waals surface area contributed by atoms with Crippen molar-refractivity contribution in [3.8, 4) is 0 Å². The molecule has 40 heavy (non-hydrogen) atoms. The number of ether oxygens (including phenoxy) is 1. The topological polar surface area (TPSA) is 136 Å². The van der Waals surface area contributed by atoms with E-state index in [9.17, 15) is 27.6 Å². The molecule has 0 fully saturated rings. The molecule has 0 saturated carbocycles. The quantitative estimate of drug-likeness (QED) is 0.248. The highest BCUT2D eigenvalue weighted by Crippen LogP contribution is 2.30. The molecule has 9 nitrogen and oxygen atoms in total. The van der Waals surface area contributed by atoms with Gasteiger partial charge >= 0.3 is 5.97 Å². The minimum atomic E-state index is -4.02. The number of amides is 1. The third-order valence-electron chi connectivity index (χ3n) is 6.05. The molecule has 1 atom stereocenters. The molecule has 5 rings (SSSR count). The first-order valence-corrected chi connectivity index (χ1v) is 14.4. The highest BCUT2D eigenvalue weighted by atomic mass is 35.5. The number of halogens is 1. The molecule has 0 aliphatic heterocycles. The van der Waals surface area contributed by atoms with E-state index in [1.165, 1.54) is 61.5 Å². The predicted octanol–water partition coefficient (Wildman–Crippen LogP) is 5.16. The zero-order valence-electron chi connectivity index (χ0n) is 20.6. The van der Waals surface area contributed by atoms with Gasteiger partial charge in [0.05, 0.1) is 15.6 Å². The maximum absolute atomic E-state index is 13.0. The number of rotatable bonds is 7. The summed E-state index contributed by atoms with van der Waals surface area (Å²) >= 11 is 6.70. The Balaban J connectivity index is 1.29. The molecule has 1 aliphatic carbocycles. The van der Waals surface area contributed by atoms with Gasteiger partial charge < -0.3 is 10.1 Å². The number of fused-ring (bicyclic) bond motifs is 2. The van der Waals surface area contributed by atoms with Gasteiger partial charge in [0.15, 0.2) is 17.7 Å². The molecule has 1 aromatic heterocycles. The molecule has 202 valence electrons. The summed E-state index contributed by atoms with van der Waals surface area (Å²) in [5.41, 5.74) is 1.06. The summed E-state index contributed by atoms with van der Waals surface area (Å²) < 4.78 is 33.3. The average molecular weight is 595 g/mol. The molecule has 2 N–H and O–H groups in total. The normalized spacial score (nSPS) is 13.2. The molecular formula is C28H19ClN2O7S2. The second-order valence-corrected chi connectivity index (χ2v) is 12.3. The number of hydrogen-bond donors (Lipinski definition) is 2. The Morgan fingerprint density at radius 2 is 1.48 bits per heavy atom. The van der Waals surface area contributed by atoms with Crippen LogP contribution in [0.4, 0.5) is 11.4 Å². The van der Waals surface area contributed by atoms with E-state index in [4.69, 9.17) is 16.3 Å². The summed E-state index contributed by atoms with van der Waals surface area (Å²) in [7, 11) is -4.02. The molecule has 4 aromatic rings. The minimum Gasteiger partial charge on any atom is -0.449 e. The second-order valence-electron chi connectivity index (χ2n) is 8.71. The van der Waals surface area contributed by atoms with Crippen molar-refractivity contribution in [3.63, 3.8) is 0 Å². The number of benzene rings is 3. The van der Waals surface area contributed by atoms with Crippen molar-refractivity contribution < 1.29 is 32.3 Å². The van der Waals surface area contributed by atoms with Crippen LogP contribution in [0, 0.1) is 0 Å². The van der Waals surface area contributed by atoms with Crippen LogP contribution in [0.2, 0.25) is 4.34 Å². The largest absolute Gasteiger partial charge is 0.449 e. The number of esters is 1. The number of para-hydroxylation sites is 1. The van der Waals surface area contributed by atoms with E-state index in [-0.39, 0.29) is 53.7 Å². The van der Waals surface area contributed by atoms with Crippen LogP contribution in [0.15, 0.2) is 83.1 Å². The van der Waals surface area contributed by atoms with Crippen LogP contribution >= 0.6 is 22.9 Å². The van der Waals surface area contributed by atoms with Gasteiger partial charge in [-0.3, -0.25) is 19.1 Å². The molecule has 0 spiro atoms. The number of ketones is 2. The number of hydrogen-bond acceptors (Lipinski definition) is 8. The lowest BCUT2D eigenvalue weighted by Gasteiger charge is -2.19. The number of carbonyl (C=O) groups is 4. The minimum absolute atomic E-state index is 0.0391. The molecule has 0 bridgehead atoms. The number of nitrogens with one attached hydrogen (secondary N) is 2. The van der Waals surface area contributed by atoms with Crippen molar-refractivity contribution in [2.24, 2.45) is 0 Å². The van der Waals surface area contributed by atoms with Gasteiger partial charge in [-0.1, -0.05) is 48.0 Å². The van der Waals surface area contributed by atoms with Crippen LogP contribution in [-0.4, -0.2) is 38.0 Å². The van der Waals surface area contributed by atoms with Crippen molar-refractivity contribution in [2.45, 2.75) is 17.2 Å². The SMILES string of the molecule is C[C@@H](OC(=O)c1ccccc1NS(=O)(=O)c1ccc(Cl)s1)C(=O)Nc1ccc2c(c1)C(=O)c1ccccc1C2=O. The molecule has 0 saturated heterocycles. The van der Waals surface area contributed by atoms with Crippen LogP contribution in [-0.2, 0) is 19.6 Å². The summed E-state index contributed by atoms with van der Waals surface area (Å²) in [6.07, 6.45) is -1.29. The first kappa shape index (κ1) is 27.3. The monoisotopic (exact) mass is 594 g/mol. The zero-order chi connectivity index (χ0) is 28.6. The summed E-state index contributed by atoms with van der Waals surface area (Å²) in [5.74, 6) is -2.27. The zero-order valence-corrected chi connectivity index (χ0v) is 23.0. The van der Waals surface area contributed by atoms with Crippen molar-refractivity contribution in [1.29, 1.82) is 0 Å². The molecule has 0 unspecified atom stereocenters. The highest BCUT2D eigenvalue weighted by Gasteiger charge is 2.30. The van der Waals surface area contributed by atoms with E-state index in [1.54, 1.807) is 24.3 Å². The second kappa shape index (κ2) is 10.7. The third kappa shape index (κ3) is 5.26. The smallest absolute Gasteiger partial charge is 0.341 e. The summed E-state index contributed by atoms with van der Waals surface area (Å²) in [6.45, 7) is 1.34. The highest BCUT2D eigenvalue weighted by molar-refractivity contribution is 7.94. The lowest BCUT2D eigenvalue weighted by Crippen LogP contribution is -2.30. The number of thiophene rings is 1. The van der Waals surface area contributed by atoms with Gasteiger partial charge in [-0.05, 0) is 49.4 Å². The van der Waals surface area contributed by atoms with Crippen LogP contribution in [0.5, 0.6) is 0 Å². The Morgan fingerprint density at radius 3 is 2.15 bits per heavy atom. The predicted molar refractivity (Wildman–Crippen MR) is 150 cm³/mol. The summed E-state index contributed by atoms with van der Waals surface area (Å²) in [6, 6.07) is 19.4. The van der Waals surface area contributed by atoms with Gasteiger partial charge in [0.2, 0.25) is 0 Å². The van der Waals surface area contributed by atoms with E-state index >= 15 is 0 Å². The van der Waals surface area contributed by atoms with Gasteiger partial charge in [0.25, 0.3) is 15.9 Å². The molecule has 1 aliphatic rings. The molecule has 12 heteroatoms. The first-order valence-electron chi connectivity index (χ1n) is 11.8. The lowest BCUT2D eigenvalue weighted by atomic mass is 9.84. The summed E-state index contributed by atoms with van der Waals surface area (Å²) in [5, 5.41) is 2.58. The van der Waals surface area contributed by atoms with E-state index < -0.39 is 28.0 Å². The Bertz CT molecular complexity index is 1810. The van der Waals surface area contributed by atoms with Crippen LogP contribution in [0.25, 0.3) is 0 Å². The number of anilines is 2. The Kier molecular flexibility index (Phi) is 7.28. The van der Waals surface area contributed by atoms with E-state index in [0.29, 0.717) is 5.56 Å². The molecule has 0 radical (unpaired) electrons. The van der Waals surface area contributed by atoms with Crippen molar-refractivity contribution in [3.05, 3.63) is 111 Å². The van der Waals surface area contributed by atoms with Crippen LogP contribution < -0.4 is 10.0 Å². The van der Waals surface area contributed by atoms with Gasteiger partial charge in [-0.2, -0.15) is 0 Å². The van der Waals surface area contributed by atoms with Crippen LogP contribution in [0.1, 0.15) is 49.1 Å². The maximum atomic E-state index is 13.0. The first-order chi connectivity index (χ1) is 19.0. The maximum Gasteiger partial charge on any atom is 0.341 e. The average Bonchev–Trinajstić information content (AvgIpc) is 3.39. The van der Waals surface area contributed by atoms with Gasteiger partial charge in [0, 0.05) is 27.9 Å². The van der Waals surface area contributed by atoms with E-state index in [0.717, 1.165) is 11.3 Å². The molecule has 1 amide bonds. The van der Waals surface area contributed by atoms with E-state index in [1.807, 2.05) is 0 Å². The fourth-order valence-electron chi connectivity index (χ4n) is 4.09. The third-order valence-corrected chi connectivity index (χ3v) is 9.14. The summed E-state index contributed by atoms with van der Waals surface area (Å²) in [4.78, 5) is 51.5. The Hall–Kier alpha value is -4.32. The van der Waals surface area contributed by atoms with Gasteiger partial charge in [-0.25, -0.2) is 13.2 Å². The number of carbonyl (C=O) groups excluding carboxylic acids is 4. The lowest BCUT2D eigenvalue weighted by molar-refractivity contribution is -0.123. The Morgan fingerprint density at radius 1 is 0.850 bits per heavy atom. The molecular weight excluding hydrogens is 576 g/mol. The van der Waals surface area contributed by atoms with Gasteiger partial charge in [0.1, 0.15) is 4.21 Å². The standard InChI is InChI=1S/C28H19ClN2O7S2/c1-15(38-28(35)20-8-4-5-9-22(20)31-40(36,37)24-13-12-23(29)39-24)27(34)30-16-10-11-19-21(14-16)26(33)18-7-3-2-6-17(18)25(19)32/h2-15,31H,1H3,(H,30,34)/t15-/m1/s1. The molecule has 1 heterocycles. The Labute approximate surface area is 237 Å². The van der Waals surface area contributed by atoms with Crippen molar-refractivity contribution >= 4 is 67.8 Å². The van der Waals surface area contributed by atoms with Crippen molar-refractivity contribution in [1.82, 2.24) is 0 Å². The fraction of sp³-hybridized carbons (Fsp3) is 0.0714. The molecule has 3 aromatic carbocycles. The van der Waals surface area contributed by atoms with Crippen molar-refractivity contribution in [2.75, 3.05) is 10.0 Å². The van der Waals surface area contributed by atoms with Gasteiger partial charge in [-0.15, -0.1) is 11.3 Å². The fourth-order valence-corrected chi connectivity index (χ4v) is 6.65. The van der Waals surface area contributed by atoms with Crippen LogP contribution in [0.3, 0.4) is 0 Å². The van der Waals surface area contributed by atoms with E-state index in [2.05, 4.69) is 10.0 Å². The number of sulfonamides is 1.